The molecule has 5 heteroatoms. The fourth-order valence-corrected chi connectivity index (χ4v) is 15.4. The Morgan fingerprint density at radius 2 is 1.00 bits per heavy atom. The quantitative estimate of drug-likeness (QED) is 0.163. The molecule has 388 valence electrons. The summed E-state index contributed by atoms with van der Waals surface area (Å²) in [5.41, 5.74) is 23.2. The van der Waals surface area contributed by atoms with E-state index in [4.69, 9.17) is 0 Å². The maximum Gasteiger partial charge on any atom is 0.254 e. The van der Waals surface area contributed by atoms with Gasteiger partial charge in [0.05, 0.1) is 11.2 Å². The summed E-state index contributed by atoms with van der Waals surface area (Å²) in [7, 11) is 0. The van der Waals surface area contributed by atoms with Crippen molar-refractivity contribution in [3.8, 4) is 11.1 Å². The molecule has 3 aliphatic heterocycles. The van der Waals surface area contributed by atoms with Crippen LogP contribution in [0.2, 0.25) is 0 Å². The Bertz CT molecular complexity index is 3860. The molecule has 8 aromatic carbocycles. The van der Waals surface area contributed by atoms with Crippen molar-refractivity contribution in [3.05, 3.63) is 186 Å². The van der Waals surface area contributed by atoms with E-state index in [-0.39, 0.29) is 39.3 Å². The van der Waals surface area contributed by atoms with Gasteiger partial charge in [-0.15, -0.1) is 11.3 Å². The SMILES string of the molecule is CC(C)(C)c1ccc(N2c3ccc(C(C)(C)C)cc3B3c4c2cc(N2c5ccc(C(C)(C)C)cc5C5(C)CCCCC25C)cc4N(c2ccc(C(C)(C)C)cc2-c2ccccc2)c2ccc4c(sc5ccccc54)c23)cc1. The van der Waals surface area contributed by atoms with Crippen molar-refractivity contribution in [2.45, 2.75) is 155 Å². The highest BCUT2D eigenvalue weighted by Crippen LogP contribution is 2.62. The van der Waals surface area contributed by atoms with E-state index in [1.807, 2.05) is 11.3 Å². The summed E-state index contributed by atoms with van der Waals surface area (Å²) in [5.74, 6) is 0. The lowest BCUT2D eigenvalue weighted by molar-refractivity contribution is 0.195. The van der Waals surface area contributed by atoms with Crippen LogP contribution in [-0.4, -0.2) is 12.3 Å². The Hall–Kier alpha value is -6.56. The molecular formula is C72H76BN3S. The number of benzene rings is 8. The van der Waals surface area contributed by atoms with Crippen molar-refractivity contribution in [3.63, 3.8) is 0 Å². The molecule has 0 amide bonds. The first-order chi connectivity index (χ1) is 36.5. The van der Waals surface area contributed by atoms with Gasteiger partial charge in [0.1, 0.15) is 0 Å². The van der Waals surface area contributed by atoms with Crippen molar-refractivity contribution in [1.29, 1.82) is 0 Å². The molecule has 13 rings (SSSR count). The van der Waals surface area contributed by atoms with E-state index >= 15 is 0 Å². The third kappa shape index (κ3) is 7.56. The van der Waals surface area contributed by atoms with Crippen LogP contribution in [0.25, 0.3) is 31.3 Å². The molecule has 4 aliphatic rings. The topological polar surface area (TPSA) is 9.72 Å². The van der Waals surface area contributed by atoms with E-state index in [1.165, 1.54) is 140 Å². The van der Waals surface area contributed by atoms with Gasteiger partial charge in [-0.05, 0) is 157 Å². The summed E-state index contributed by atoms with van der Waals surface area (Å²) in [6.45, 7) is 33.4. The molecule has 2 unspecified atom stereocenters. The van der Waals surface area contributed by atoms with Crippen molar-refractivity contribution >= 4 is 100 Å². The van der Waals surface area contributed by atoms with Gasteiger partial charge in [-0.3, -0.25) is 0 Å². The maximum atomic E-state index is 2.84. The minimum Gasteiger partial charge on any atom is -0.334 e. The van der Waals surface area contributed by atoms with Crippen LogP contribution < -0.4 is 31.1 Å². The number of nitrogens with zero attached hydrogens (tertiary/aromatic N) is 3. The Labute approximate surface area is 464 Å². The molecule has 0 N–H and O–H groups in total. The highest BCUT2D eigenvalue weighted by Gasteiger charge is 2.58. The van der Waals surface area contributed by atoms with Crippen LogP contribution in [0.15, 0.2) is 158 Å². The second-order valence-electron chi connectivity index (χ2n) is 27.8. The van der Waals surface area contributed by atoms with Crippen LogP contribution in [0.5, 0.6) is 0 Å². The average Bonchev–Trinajstić information content (AvgIpc) is 3.89. The van der Waals surface area contributed by atoms with Gasteiger partial charge in [-0.1, -0.05) is 200 Å². The molecule has 4 heterocycles. The van der Waals surface area contributed by atoms with Crippen molar-refractivity contribution in [2.24, 2.45) is 0 Å². The monoisotopic (exact) mass is 1030 g/mol. The largest absolute Gasteiger partial charge is 0.334 e. The Kier molecular flexibility index (Phi) is 11.0. The number of thiophene rings is 1. The first-order valence-electron chi connectivity index (χ1n) is 28.6. The third-order valence-electron chi connectivity index (χ3n) is 18.8. The fourth-order valence-electron chi connectivity index (χ4n) is 14.1. The van der Waals surface area contributed by atoms with Gasteiger partial charge >= 0.3 is 0 Å². The summed E-state index contributed by atoms with van der Waals surface area (Å²) in [5, 5.41) is 2.66. The molecule has 9 aromatic rings. The molecule has 3 nitrogen and oxygen atoms in total. The van der Waals surface area contributed by atoms with E-state index in [0.717, 1.165) is 6.42 Å². The van der Waals surface area contributed by atoms with Gasteiger partial charge in [0.15, 0.2) is 0 Å². The second-order valence-corrected chi connectivity index (χ2v) is 28.8. The van der Waals surface area contributed by atoms with E-state index < -0.39 is 0 Å². The van der Waals surface area contributed by atoms with E-state index in [1.54, 1.807) is 0 Å². The minimum atomic E-state index is -0.165. The molecular weight excluding hydrogens is 950 g/mol. The molecule has 1 fully saturated rings. The minimum absolute atomic E-state index is 0.0149. The molecule has 0 spiro atoms. The van der Waals surface area contributed by atoms with Gasteiger partial charge in [-0.2, -0.15) is 0 Å². The normalized spacial score (nSPS) is 19.1. The highest BCUT2D eigenvalue weighted by atomic mass is 32.1. The summed E-state index contributed by atoms with van der Waals surface area (Å²) >= 11 is 1.97. The molecule has 0 radical (unpaired) electrons. The zero-order valence-electron chi connectivity index (χ0n) is 48.2. The summed E-state index contributed by atoms with van der Waals surface area (Å²) in [4.78, 5) is 8.21. The van der Waals surface area contributed by atoms with Crippen LogP contribution in [-0.2, 0) is 27.1 Å². The van der Waals surface area contributed by atoms with E-state index in [9.17, 15) is 0 Å². The summed E-state index contributed by atoms with van der Waals surface area (Å²) in [6, 6.07) is 62.4. The van der Waals surface area contributed by atoms with Gasteiger partial charge in [0.25, 0.3) is 6.71 Å². The maximum absolute atomic E-state index is 2.84. The smallest absolute Gasteiger partial charge is 0.254 e. The zero-order valence-corrected chi connectivity index (χ0v) is 49.0. The number of rotatable bonds is 4. The molecule has 1 aromatic heterocycles. The predicted octanol–water partition coefficient (Wildman–Crippen LogP) is 18.7. The van der Waals surface area contributed by atoms with Crippen LogP contribution in [0.1, 0.15) is 150 Å². The van der Waals surface area contributed by atoms with Crippen LogP contribution in [0.4, 0.5) is 45.5 Å². The molecule has 0 bridgehead atoms. The molecule has 1 saturated carbocycles. The summed E-state index contributed by atoms with van der Waals surface area (Å²) < 4.78 is 2.70. The van der Waals surface area contributed by atoms with Gasteiger partial charge in [-0.25, -0.2) is 0 Å². The first-order valence-corrected chi connectivity index (χ1v) is 29.4. The van der Waals surface area contributed by atoms with Crippen molar-refractivity contribution < 1.29 is 0 Å². The molecule has 2 atom stereocenters. The van der Waals surface area contributed by atoms with E-state index in [2.05, 4.69) is 269 Å². The lowest BCUT2D eigenvalue weighted by Gasteiger charge is -2.51. The van der Waals surface area contributed by atoms with Crippen molar-refractivity contribution in [2.75, 3.05) is 14.7 Å². The Morgan fingerprint density at radius 1 is 0.442 bits per heavy atom. The third-order valence-corrected chi connectivity index (χ3v) is 20.1. The lowest BCUT2D eigenvalue weighted by Crippen LogP contribution is -2.62. The van der Waals surface area contributed by atoms with Gasteiger partial charge in [0.2, 0.25) is 0 Å². The van der Waals surface area contributed by atoms with Crippen molar-refractivity contribution in [1.82, 2.24) is 0 Å². The molecule has 1 aliphatic carbocycles. The molecule has 77 heavy (non-hydrogen) atoms. The van der Waals surface area contributed by atoms with Crippen LogP contribution in [0.3, 0.4) is 0 Å². The van der Waals surface area contributed by atoms with Gasteiger partial charge in [0, 0.05) is 65.6 Å². The Morgan fingerprint density at radius 3 is 1.68 bits per heavy atom. The zero-order chi connectivity index (χ0) is 53.9. The molecule has 0 saturated heterocycles. The van der Waals surface area contributed by atoms with E-state index in [0.29, 0.717) is 0 Å². The number of anilines is 8. The predicted molar refractivity (Wildman–Crippen MR) is 336 cm³/mol. The standard InChI is InChI=1S/C72H76BN3S/c1-67(2,3)46-26-31-50(32-27-46)74-59-36-30-49(70(10,11)12)42-56(59)73-64-61(74)43-51(76-58-35-29-48(69(7,8)9)41-55(58)71(13)38-20-21-39-72(71,76)14)44-62(64)75(60-37-33-53-52-24-18-19-25-63(52)77-66(53)65(60)73)57-34-28-47(68(4,5)6)40-54(57)45-22-16-15-17-23-45/h15-19,22-37,40-44H,20-21,38-39H2,1-14H3. The van der Waals surface area contributed by atoms with Gasteiger partial charge < -0.3 is 14.7 Å². The Balaban J connectivity index is 1.20. The second kappa shape index (κ2) is 17.0. The number of hydrogen-bond acceptors (Lipinski definition) is 4. The fraction of sp³-hybridized carbons (Fsp3) is 0.333. The lowest BCUT2D eigenvalue weighted by atomic mass is 9.33. The number of fused-ring (bicyclic) bond motifs is 11. The van der Waals surface area contributed by atoms with Crippen LogP contribution >= 0.6 is 11.3 Å². The number of hydrogen-bond donors (Lipinski definition) is 0. The first kappa shape index (κ1) is 50.0. The highest BCUT2D eigenvalue weighted by molar-refractivity contribution is 7.28. The average molecular weight is 1030 g/mol. The van der Waals surface area contributed by atoms with Crippen LogP contribution in [0, 0.1) is 0 Å². The summed E-state index contributed by atoms with van der Waals surface area (Å²) in [6.07, 6.45) is 4.74.